The SMILES string of the molecule is CC.CNC(=O)NC1CCC(=O)NC1=O. The van der Waals surface area contributed by atoms with Gasteiger partial charge >= 0.3 is 6.03 Å². The van der Waals surface area contributed by atoms with Gasteiger partial charge in [-0.3, -0.25) is 14.9 Å². The quantitative estimate of drug-likeness (QED) is 0.527. The molecule has 0 aromatic carbocycles. The van der Waals surface area contributed by atoms with Crippen molar-refractivity contribution in [2.45, 2.75) is 32.7 Å². The Hall–Kier alpha value is -1.59. The lowest BCUT2D eigenvalue weighted by molar-refractivity contribution is -0.134. The highest BCUT2D eigenvalue weighted by Crippen LogP contribution is 2.03. The van der Waals surface area contributed by atoms with Crippen LogP contribution < -0.4 is 16.0 Å². The van der Waals surface area contributed by atoms with Crippen molar-refractivity contribution in [3.8, 4) is 0 Å². The van der Waals surface area contributed by atoms with E-state index in [1.54, 1.807) is 0 Å². The molecule has 1 unspecified atom stereocenters. The van der Waals surface area contributed by atoms with Crippen molar-refractivity contribution in [3.63, 3.8) is 0 Å². The fourth-order valence-corrected chi connectivity index (χ4v) is 1.06. The topological polar surface area (TPSA) is 87.3 Å². The van der Waals surface area contributed by atoms with Crippen molar-refractivity contribution < 1.29 is 14.4 Å². The molecule has 4 amide bonds. The van der Waals surface area contributed by atoms with E-state index in [0.29, 0.717) is 6.42 Å². The lowest BCUT2D eigenvalue weighted by Gasteiger charge is -2.21. The zero-order valence-corrected chi connectivity index (χ0v) is 9.22. The zero-order chi connectivity index (χ0) is 11.8. The zero-order valence-electron chi connectivity index (χ0n) is 9.22. The van der Waals surface area contributed by atoms with Crippen molar-refractivity contribution in [2.24, 2.45) is 0 Å². The first-order chi connectivity index (χ1) is 7.13. The molecule has 0 aromatic rings. The maximum atomic E-state index is 11.1. The lowest BCUT2D eigenvalue weighted by Crippen LogP contribution is -2.53. The minimum absolute atomic E-state index is 0.264. The summed E-state index contributed by atoms with van der Waals surface area (Å²) < 4.78 is 0. The number of hydrogen-bond acceptors (Lipinski definition) is 3. The van der Waals surface area contributed by atoms with Crippen LogP contribution in [-0.2, 0) is 9.59 Å². The largest absolute Gasteiger partial charge is 0.341 e. The van der Waals surface area contributed by atoms with Crippen LogP contribution in [0.15, 0.2) is 0 Å². The van der Waals surface area contributed by atoms with Crippen LogP contribution in [0, 0.1) is 0 Å². The molecule has 6 heteroatoms. The van der Waals surface area contributed by atoms with E-state index in [-0.39, 0.29) is 12.3 Å². The molecule has 0 aliphatic carbocycles. The van der Waals surface area contributed by atoms with Crippen LogP contribution in [0.4, 0.5) is 4.79 Å². The van der Waals surface area contributed by atoms with E-state index in [1.807, 2.05) is 13.8 Å². The molecule has 0 aromatic heterocycles. The normalized spacial score (nSPS) is 19.5. The van der Waals surface area contributed by atoms with Crippen molar-refractivity contribution in [1.29, 1.82) is 0 Å². The Kier molecular flexibility index (Phi) is 6.08. The summed E-state index contributed by atoms with van der Waals surface area (Å²) in [7, 11) is 1.46. The number of carbonyl (C=O) groups excluding carboxylic acids is 3. The van der Waals surface area contributed by atoms with Crippen molar-refractivity contribution in [3.05, 3.63) is 0 Å². The Morgan fingerprint density at radius 1 is 1.40 bits per heavy atom. The van der Waals surface area contributed by atoms with Gasteiger partial charge in [0, 0.05) is 13.5 Å². The van der Waals surface area contributed by atoms with Crippen molar-refractivity contribution in [1.82, 2.24) is 16.0 Å². The number of amides is 4. The third kappa shape index (κ3) is 4.44. The number of rotatable bonds is 1. The van der Waals surface area contributed by atoms with Crippen LogP contribution in [-0.4, -0.2) is 30.9 Å². The molecule has 1 aliphatic heterocycles. The van der Waals surface area contributed by atoms with E-state index in [1.165, 1.54) is 7.05 Å². The first kappa shape index (κ1) is 13.4. The molecule has 1 saturated heterocycles. The predicted molar refractivity (Wildman–Crippen MR) is 55.1 cm³/mol. The van der Waals surface area contributed by atoms with E-state index in [9.17, 15) is 14.4 Å². The molecule has 0 saturated carbocycles. The molecule has 1 aliphatic rings. The van der Waals surface area contributed by atoms with Crippen LogP contribution in [0.5, 0.6) is 0 Å². The van der Waals surface area contributed by atoms with Gasteiger partial charge in [0.1, 0.15) is 6.04 Å². The van der Waals surface area contributed by atoms with E-state index in [2.05, 4.69) is 16.0 Å². The molecule has 15 heavy (non-hydrogen) atoms. The first-order valence-electron chi connectivity index (χ1n) is 4.95. The molecule has 1 atom stereocenters. The van der Waals surface area contributed by atoms with Gasteiger partial charge in [-0.05, 0) is 6.42 Å². The second-order valence-electron chi connectivity index (χ2n) is 2.73. The maximum absolute atomic E-state index is 11.1. The second-order valence-corrected chi connectivity index (χ2v) is 2.73. The van der Waals surface area contributed by atoms with E-state index < -0.39 is 18.0 Å². The monoisotopic (exact) mass is 215 g/mol. The number of nitrogens with one attached hydrogen (secondary N) is 3. The highest BCUT2D eigenvalue weighted by atomic mass is 16.2. The van der Waals surface area contributed by atoms with Gasteiger partial charge in [-0.25, -0.2) is 4.79 Å². The fourth-order valence-electron chi connectivity index (χ4n) is 1.06. The Morgan fingerprint density at radius 3 is 2.47 bits per heavy atom. The van der Waals surface area contributed by atoms with Gasteiger partial charge in [0.05, 0.1) is 0 Å². The van der Waals surface area contributed by atoms with Gasteiger partial charge in [0.15, 0.2) is 0 Å². The summed E-state index contributed by atoms with van der Waals surface area (Å²) >= 11 is 0. The van der Waals surface area contributed by atoms with Crippen LogP contribution in [0.3, 0.4) is 0 Å². The number of piperidine rings is 1. The van der Waals surface area contributed by atoms with Crippen LogP contribution in [0.1, 0.15) is 26.7 Å². The summed E-state index contributed by atoms with van der Waals surface area (Å²) in [6.45, 7) is 4.00. The van der Waals surface area contributed by atoms with Crippen LogP contribution in [0.2, 0.25) is 0 Å². The minimum atomic E-state index is -0.599. The third-order valence-electron chi connectivity index (χ3n) is 1.77. The van der Waals surface area contributed by atoms with E-state index >= 15 is 0 Å². The molecule has 0 spiro atoms. The van der Waals surface area contributed by atoms with Crippen molar-refractivity contribution in [2.75, 3.05) is 7.05 Å². The number of carbonyl (C=O) groups is 3. The number of urea groups is 1. The lowest BCUT2D eigenvalue weighted by atomic mass is 10.1. The average Bonchev–Trinajstić information content (AvgIpc) is 2.25. The third-order valence-corrected chi connectivity index (χ3v) is 1.77. The van der Waals surface area contributed by atoms with Crippen LogP contribution >= 0.6 is 0 Å². The summed E-state index contributed by atoms with van der Waals surface area (Å²) in [6, 6.07) is -1.02. The van der Waals surface area contributed by atoms with Gasteiger partial charge in [-0.15, -0.1) is 0 Å². The van der Waals surface area contributed by atoms with Crippen LogP contribution in [0.25, 0.3) is 0 Å². The van der Waals surface area contributed by atoms with Gasteiger partial charge < -0.3 is 10.6 Å². The molecule has 1 rings (SSSR count). The highest BCUT2D eigenvalue weighted by Gasteiger charge is 2.27. The summed E-state index contributed by atoms with van der Waals surface area (Å²) in [4.78, 5) is 32.6. The van der Waals surface area contributed by atoms with E-state index in [0.717, 1.165) is 0 Å². The summed E-state index contributed by atoms with van der Waals surface area (Å²) in [5, 5.41) is 6.89. The maximum Gasteiger partial charge on any atom is 0.315 e. The van der Waals surface area contributed by atoms with Gasteiger partial charge in [-0.1, -0.05) is 13.8 Å². The molecule has 0 radical (unpaired) electrons. The Bertz CT molecular complexity index is 253. The fraction of sp³-hybridized carbons (Fsp3) is 0.667. The van der Waals surface area contributed by atoms with Gasteiger partial charge in [0.25, 0.3) is 0 Å². The molecule has 86 valence electrons. The van der Waals surface area contributed by atoms with Gasteiger partial charge in [0.2, 0.25) is 11.8 Å². The Labute approximate surface area is 88.8 Å². The van der Waals surface area contributed by atoms with Crippen molar-refractivity contribution >= 4 is 17.8 Å². The standard InChI is InChI=1S/C7H11N3O3.C2H6/c1-8-7(13)9-4-2-3-5(11)10-6(4)12;1-2/h4H,2-3H2,1H3,(H2,8,9,13)(H,10,11,12);1-2H3. The summed E-state index contributed by atoms with van der Waals surface area (Å²) in [5.41, 5.74) is 0. The molecule has 0 bridgehead atoms. The van der Waals surface area contributed by atoms with Gasteiger partial charge in [-0.2, -0.15) is 0 Å². The molecule has 1 fully saturated rings. The van der Waals surface area contributed by atoms with E-state index in [4.69, 9.17) is 0 Å². The number of imide groups is 1. The smallest absolute Gasteiger partial charge is 0.315 e. The average molecular weight is 215 g/mol. The number of hydrogen-bond donors (Lipinski definition) is 3. The molecule has 3 N–H and O–H groups in total. The summed E-state index contributed by atoms with van der Waals surface area (Å²) in [6.07, 6.45) is 0.623. The Balaban J connectivity index is 0.000000921. The minimum Gasteiger partial charge on any atom is -0.341 e. The second kappa shape index (κ2) is 6.80. The first-order valence-corrected chi connectivity index (χ1v) is 4.95. The molecule has 1 heterocycles. The Morgan fingerprint density at radius 2 is 2.00 bits per heavy atom. The molecular weight excluding hydrogens is 198 g/mol. The summed E-state index contributed by atoms with van der Waals surface area (Å²) in [5.74, 6) is -0.736. The molecule has 6 nitrogen and oxygen atoms in total. The predicted octanol–water partition coefficient (Wildman–Crippen LogP) is -0.253. The molecular formula is C9H17N3O3. The highest BCUT2D eigenvalue weighted by molar-refractivity contribution is 6.01.